The van der Waals surface area contributed by atoms with Crippen LogP contribution in [0, 0.1) is 11.8 Å². The molecule has 0 unspecified atom stereocenters. The van der Waals surface area contributed by atoms with Gasteiger partial charge in [-0.15, -0.1) is 0 Å². The van der Waals surface area contributed by atoms with Crippen molar-refractivity contribution in [3.63, 3.8) is 0 Å². The van der Waals surface area contributed by atoms with E-state index in [0.717, 1.165) is 12.8 Å². The van der Waals surface area contributed by atoms with E-state index in [-0.39, 0.29) is 17.5 Å². The third-order valence-electron chi connectivity index (χ3n) is 2.92. The molecule has 1 aromatic rings. The van der Waals surface area contributed by atoms with Crippen LogP contribution in [0.5, 0.6) is 0 Å². The first-order chi connectivity index (χ1) is 9.05. The summed E-state index contributed by atoms with van der Waals surface area (Å²) in [5.41, 5.74) is 0.540. The summed E-state index contributed by atoms with van der Waals surface area (Å²) >= 11 is 0. The van der Waals surface area contributed by atoms with Crippen LogP contribution in [0.3, 0.4) is 0 Å². The Morgan fingerprint density at radius 1 is 1.47 bits per heavy atom. The predicted molar refractivity (Wildman–Crippen MR) is 70.8 cm³/mol. The first kappa shape index (κ1) is 14.0. The number of hydrogen-bond acceptors (Lipinski definition) is 4. The standard InChI is InChI=1S/C13H16N2O3S/c1-15(12-5-6-12)19(17,18)13-8-11(9-14-10-13)4-2-3-7-16/h8-10,12,16H,3,5-7H2,1H3. The zero-order valence-electron chi connectivity index (χ0n) is 10.7. The SMILES string of the molecule is CN(C1CC1)S(=O)(=O)c1cncc(C#CCCO)c1. The lowest BCUT2D eigenvalue weighted by Gasteiger charge is -2.15. The van der Waals surface area contributed by atoms with Crippen molar-refractivity contribution < 1.29 is 13.5 Å². The molecule has 1 aliphatic carbocycles. The molecule has 102 valence electrons. The molecule has 5 nitrogen and oxygen atoms in total. The van der Waals surface area contributed by atoms with Crippen molar-refractivity contribution in [2.75, 3.05) is 13.7 Å². The normalized spacial score (nSPS) is 15.1. The summed E-state index contributed by atoms with van der Waals surface area (Å²) in [6.45, 7) is -0.0111. The molecule has 1 aliphatic rings. The molecule has 0 spiro atoms. The zero-order valence-corrected chi connectivity index (χ0v) is 11.5. The topological polar surface area (TPSA) is 70.5 Å². The van der Waals surface area contributed by atoms with Crippen molar-refractivity contribution in [2.45, 2.75) is 30.2 Å². The molecule has 0 aromatic carbocycles. The summed E-state index contributed by atoms with van der Waals surface area (Å²) < 4.78 is 26.0. The maximum atomic E-state index is 12.3. The first-order valence-electron chi connectivity index (χ1n) is 6.08. The highest BCUT2D eigenvalue weighted by Gasteiger charge is 2.35. The first-order valence-corrected chi connectivity index (χ1v) is 7.52. The second kappa shape index (κ2) is 5.70. The van der Waals surface area contributed by atoms with Crippen LogP contribution >= 0.6 is 0 Å². The van der Waals surface area contributed by atoms with Gasteiger partial charge in [0.15, 0.2) is 0 Å². The number of aliphatic hydroxyl groups is 1. The Balaban J connectivity index is 2.25. The summed E-state index contributed by atoms with van der Waals surface area (Å²) in [5, 5.41) is 8.65. The molecule has 6 heteroatoms. The number of hydrogen-bond donors (Lipinski definition) is 1. The Morgan fingerprint density at radius 3 is 2.84 bits per heavy atom. The molecular formula is C13H16N2O3S. The fourth-order valence-electron chi connectivity index (χ4n) is 1.65. The average molecular weight is 280 g/mol. The highest BCUT2D eigenvalue weighted by atomic mass is 32.2. The Bertz CT molecular complexity index is 612. The van der Waals surface area contributed by atoms with E-state index >= 15 is 0 Å². The Morgan fingerprint density at radius 2 is 2.21 bits per heavy atom. The third kappa shape index (κ3) is 3.32. The molecule has 2 rings (SSSR count). The minimum Gasteiger partial charge on any atom is -0.395 e. The Labute approximate surface area is 113 Å². The monoisotopic (exact) mass is 280 g/mol. The van der Waals surface area contributed by atoms with Gasteiger partial charge in [-0.2, -0.15) is 4.31 Å². The van der Waals surface area contributed by atoms with Crippen LogP contribution in [-0.2, 0) is 10.0 Å². The van der Waals surface area contributed by atoms with E-state index in [0.29, 0.717) is 12.0 Å². The largest absolute Gasteiger partial charge is 0.395 e. The fraction of sp³-hybridized carbons (Fsp3) is 0.462. The average Bonchev–Trinajstić information content (AvgIpc) is 3.23. The van der Waals surface area contributed by atoms with E-state index in [2.05, 4.69) is 16.8 Å². The minimum atomic E-state index is -3.48. The van der Waals surface area contributed by atoms with Gasteiger partial charge >= 0.3 is 0 Å². The van der Waals surface area contributed by atoms with E-state index in [1.54, 1.807) is 7.05 Å². The van der Waals surface area contributed by atoms with Gasteiger partial charge in [0.05, 0.1) is 6.61 Å². The van der Waals surface area contributed by atoms with E-state index in [4.69, 9.17) is 5.11 Å². The molecule has 1 aromatic heterocycles. The second-order valence-electron chi connectivity index (χ2n) is 4.44. The number of aromatic nitrogens is 1. The van der Waals surface area contributed by atoms with Gasteiger partial charge < -0.3 is 5.11 Å². The minimum absolute atomic E-state index is 0.0111. The molecule has 1 N–H and O–H groups in total. The summed E-state index contributed by atoms with van der Waals surface area (Å²) in [4.78, 5) is 4.09. The van der Waals surface area contributed by atoms with E-state index in [1.165, 1.54) is 22.8 Å². The van der Waals surface area contributed by atoms with Gasteiger partial charge in [-0.05, 0) is 18.9 Å². The highest BCUT2D eigenvalue weighted by Crippen LogP contribution is 2.30. The van der Waals surface area contributed by atoms with Gasteiger partial charge in [0.25, 0.3) is 0 Å². The highest BCUT2D eigenvalue weighted by molar-refractivity contribution is 7.89. The van der Waals surface area contributed by atoms with E-state index in [9.17, 15) is 8.42 Å². The molecule has 19 heavy (non-hydrogen) atoms. The number of pyridine rings is 1. The number of nitrogens with zero attached hydrogens (tertiary/aromatic N) is 2. The maximum Gasteiger partial charge on any atom is 0.244 e. The van der Waals surface area contributed by atoms with Crippen LogP contribution in [0.25, 0.3) is 0 Å². The van der Waals surface area contributed by atoms with Crippen molar-refractivity contribution in [1.82, 2.24) is 9.29 Å². The Kier molecular flexibility index (Phi) is 4.20. The molecule has 0 atom stereocenters. The predicted octanol–water partition coefficient (Wildman–Crippen LogP) is 0.598. The molecule has 0 aliphatic heterocycles. The fourth-order valence-corrected chi connectivity index (χ4v) is 3.06. The third-order valence-corrected chi connectivity index (χ3v) is 4.80. The van der Waals surface area contributed by atoms with Crippen LogP contribution < -0.4 is 0 Å². The van der Waals surface area contributed by atoms with Crippen LogP contribution in [0.1, 0.15) is 24.8 Å². The van der Waals surface area contributed by atoms with Crippen LogP contribution in [0.15, 0.2) is 23.4 Å². The molecule has 0 saturated heterocycles. The van der Waals surface area contributed by atoms with Crippen molar-refractivity contribution in [2.24, 2.45) is 0 Å². The molecule has 0 radical (unpaired) electrons. The molecule has 1 fully saturated rings. The van der Waals surface area contributed by atoms with Gasteiger partial charge in [0, 0.05) is 37.5 Å². The quantitative estimate of drug-likeness (QED) is 0.820. The van der Waals surface area contributed by atoms with Crippen molar-refractivity contribution in [1.29, 1.82) is 0 Å². The van der Waals surface area contributed by atoms with Gasteiger partial charge in [-0.25, -0.2) is 8.42 Å². The lowest BCUT2D eigenvalue weighted by Crippen LogP contribution is -2.29. The smallest absolute Gasteiger partial charge is 0.244 e. The lowest BCUT2D eigenvalue weighted by molar-refractivity contribution is 0.305. The Hall–Kier alpha value is -1.42. The number of sulfonamides is 1. The molecule has 0 bridgehead atoms. The van der Waals surface area contributed by atoms with Crippen LogP contribution in [-0.4, -0.2) is 42.5 Å². The van der Waals surface area contributed by atoms with Crippen LogP contribution in [0.2, 0.25) is 0 Å². The van der Waals surface area contributed by atoms with Gasteiger partial charge in [0.2, 0.25) is 10.0 Å². The molecule has 1 heterocycles. The molecular weight excluding hydrogens is 264 g/mol. The van der Waals surface area contributed by atoms with Crippen LogP contribution in [0.4, 0.5) is 0 Å². The summed E-state index contributed by atoms with van der Waals surface area (Å²) in [6, 6.07) is 1.64. The summed E-state index contributed by atoms with van der Waals surface area (Å²) in [7, 11) is -1.88. The second-order valence-corrected chi connectivity index (χ2v) is 6.43. The summed E-state index contributed by atoms with van der Waals surface area (Å²) in [5.74, 6) is 5.53. The van der Waals surface area contributed by atoms with E-state index in [1.807, 2.05) is 0 Å². The summed E-state index contributed by atoms with van der Waals surface area (Å²) in [6.07, 6.45) is 5.04. The number of rotatable bonds is 4. The molecule has 0 amide bonds. The van der Waals surface area contributed by atoms with Gasteiger partial charge in [-0.1, -0.05) is 11.8 Å². The number of aliphatic hydroxyl groups excluding tert-OH is 1. The van der Waals surface area contributed by atoms with Gasteiger partial charge in [0.1, 0.15) is 4.90 Å². The lowest BCUT2D eigenvalue weighted by atomic mass is 10.3. The zero-order chi connectivity index (χ0) is 13.9. The van der Waals surface area contributed by atoms with Crippen molar-refractivity contribution in [3.05, 3.63) is 24.0 Å². The van der Waals surface area contributed by atoms with Gasteiger partial charge in [-0.3, -0.25) is 4.98 Å². The van der Waals surface area contributed by atoms with Crippen molar-refractivity contribution in [3.8, 4) is 11.8 Å². The molecule has 1 saturated carbocycles. The van der Waals surface area contributed by atoms with Crippen molar-refractivity contribution >= 4 is 10.0 Å². The maximum absolute atomic E-state index is 12.3. The van der Waals surface area contributed by atoms with E-state index < -0.39 is 10.0 Å².